The summed E-state index contributed by atoms with van der Waals surface area (Å²) in [6.45, 7) is 3.68. The fourth-order valence-electron chi connectivity index (χ4n) is 7.94. The SMILES string of the molecule is CN=Nc1ccc(-c2nnc(-c3ccc(N=NC)cc3)o2)cc1.Cc1c(O)c(C(=O)Nc2ccccc2)cc2ccccc12.Cc1c(O)cc2c(=O)n3c4ccccc4nc3c3cccc1c23. The van der Waals surface area contributed by atoms with Crippen LogP contribution in [-0.2, 0) is 0 Å². The van der Waals surface area contributed by atoms with Gasteiger partial charge in [-0.25, -0.2) is 4.98 Å². The number of aryl methyl sites for hydroxylation is 2. The van der Waals surface area contributed by atoms with E-state index in [0.717, 1.165) is 66.0 Å². The number of benzene rings is 8. The zero-order chi connectivity index (χ0) is 46.6. The van der Waals surface area contributed by atoms with E-state index in [2.05, 4.69) is 41.0 Å². The van der Waals surface area contributed by atoms with Crippen LogP contribution < -0.4 is 10.9 Å². The van der Waals surface area contributed by atoms with E-state index < -0.39 is 0 Å². The molecule has 3 aromatic heterocycles. The summed E-state index contributed by atoms with van der Waals surface area (Å²) >= 11 is 0. The fraction of sp³-hybridized carbons (Fsp3) is 0.0755. The molecule has 328 valence electrons. The van der Waals surface area contributed by atoms with Crippen molar-refractivity contribution >= 4 is 72.0 Å². The highest BCUT2D eigenvalue weighted by molar-refractivity contribution is 6.17. The van der Waals surface area contributed by atoms with E-state index in [1.807, 2.05) is 159 Å². The molecule has 0 fully saturated rings. The molecule has 1 amide bonds. The normalized spacial score (nSPS) is 11.4. The minimum Gasteiger partial charge on any atom is -0.508 e. The summed E-state index contributed by atoms with van der Waals surface area (Å²) in [7, 11) is 3.26. The van der Waals surface area contributed by atoms with Crippen LogP contribution >= 0.6 is 0 Å². The van der Waals surface area contributed by atoms with Crippen LogP contribution in [0.4, 0.5) is 17.1 Å². The van der Waals surface area contributed by atoms with Gasteiger partial charge in [0.2, 0.25) is 11.8 Å². The van der Waals surface area contributed by atoms with Gasteiger partial charge in [-0.05, 0) is 126 Å². The zero-order valence-electron chi connectivity index (χ0n) is 36.7. The van der Waals surface area contributed by atoms with Gasteiger partial charge in [0.25, 0.3) is 11.5 Å². The highest BCUT2D eigenvalue weighted by atomic mass is 16.4. The number of hydrogen-bond acceptors (Lipinski definition) is 12. The number of aromatic nitrogens is 4. The number of para-hydroxylation sites is 3. The molecule has 0 aliphatic heterocycles. The second kappa shape index (κ2) is 18.5. The van der Waals surface area contributed by atoms with Crippen molar-refractivity contribution in [2.75, 3.05) is 19.4 Å². The molecular weight excluding hydrogens is 843 g/mol. The summed E-state index contributed by atoms with van der Waals surface area (Å²) in [5.74, 6) is 0.773. The smallest absolute Gasteiger partial charge is 0.264 e. The van der Waals surface area contributed by atoms with E-state index in [4.69, 9.17) is 4.42 Å². The van der Waals surface area contributed by atoms with Crippen molar-refractivity contribution < 1.29 is 19.4 Å². The summed E-state index contributed by atoms with van der Waals surface area (Å²) in [5.41, 5.74) is 7.79. The average Bonchev–Trinajstić information content (AvgIpc) is 4.01. The molecule has 0 saturated carbocycles. The molecule has 0 saturated heterocycles. The largest absolute Gasteiger partial charge is 0.508 e. The minimum atomic E-state index is -0.312. The quantitative estimate of drug-likeness (QED) is 0.137. The molecule has 67 heavy (non-hydrogen) atoms. The van der Waals surface area contributed by atoms with Crippen LogP contribution in [0.3, 0.4) is 0 Å². The van der Waals surface area contributed by atoms with Crippen molar-refractivity contribution in [2.45, 2.75) is 13.8 Å². The Morgan fingerprint density at radius 1 is 0.627 bits per heavy atom. The lowest BCUT2D eigenvalue weighted by Gasteiger charge is -2.11. The highest BCUT2D eigenvalue weighted by Crippen LogP contribution is 2.36. The lowest BCUT2D eigenvalue weighted by atomic mass is 9.98. The molecule has 14 nitrogen and oxygen atoms in total. The van der Waals surface area contributed by atoms with Gasteiger partial charge in [-0.2, -0.15) is 20.5 Å². The predicted octanol–water partition coefficient (Wildman–Crippen LogP) is 12.5. The molecule has 0 unspecified atom stereocenters. The Balaban J connectivity index is 0.000000126. The molecule has 0 atom stereocenters. The van der Waals surface area contributed by atoms with E-state index in [-0.39, 0.29) is 28.5 Å². The number of rotatable bonds is 6. The molecule has 14 heteroatoms. The first-order valence-corrected chi connectivity index (χ1v) is 21.1. The molecule has 3 N–H and O–H groups in total. The molecule has 0 bridgehead atoms. The predicted molar refractivity (Wildman–Crippen MR) is 262 cm³/mol. The standard InChI is InChI=1S/C19H12N2O2.C18H15NO2.C16H14N6O/c1-10-11-5-4-6-12-17(11)13(9-16(10)22)19(23)21-15-8-3-2-7-14(15)20-18(12)21;1-12-15-10-6-5-7-13(15)11-16(17(12)20)18(21)19-14-8-3-2-4-9-14;1-17-19-13-7-3-11(4-8-13)15-21-22-16(23-15)12-5-9-14(10-6-12)20-18-2/h2-9,22H,1H3;2-11,20H,1H3,(H,19,21);3-10H,1-2H3. The number of carbonyl (C=O) groups excluding carboxylic acids is 1. The molecule has 11 rings (SSSR count). The van der Waals surface area contributed by atoms with Gasteiger partial charge < -0.3 is 19.9 Å². The average molecular weight is 884 g/mol. The van der Waals surface area contributed by atoms with Crippen molar-refractivity contribution in [3.8, 4) is 34.4 Å². The number of hydrogen-bond donors (Lipinski definition) is 3. The Morgan fingerprint density at radius 2 is 1.21 bits per heavy atom. The molecular formula is C53H41N9O5. The summed E-state index contributed by atoms with van der Waals surface area (Å²) in [5, 5.41) is 51.9. The molecule has 0 radical (unpaired) electrons. The monoisotopic (exact) mass is 883 g/mol. The minimum absolute atomic E-state index is 0.0298. The summed E-state index contributed by atoms with van der Waals surface area (Å²) in [6.07, 6.45) is 0. The first-order chi connectivity index (χ1) is 32.6. The lowest BCUT2D eigenvalue weighted by molar-refractivity contribution is 0.102. The third-order valence-corrected chi connectivity index (χ3v) is 11.3. The number of anilines is 1. The molecule has 0 aliphatic rings. The van der Waals surface area contributed by atoms with Crippen molar-refractivity contribution in [1.29, 1.82) is 0 Å². The van der Waals surface area contributed by atoms with Crippen LogP contribution in [-0.4, -0.2) is 49.8 Å². The zero-order valence-corrected chi connectivity index (χ0v) is 36.7. The number of nitrogens with one attached hydrogen (secondary N) is 1. The van der Waals surface area contributed by atoms with E-state index in [1.54, 1.807) is 30.6 Å². The maximum Gasteiger partial charge on any atom is 0.264 e. The number of fused-ring (bicyclic) bond motifs is 5. The topological polar surface area (TPSA) is 192 Å². The maximum atomic E-state index is 13.0. The first-order valence-electron chi connectivity index (χ1n) is 21.1. The number of carbonyl (C=O) groups is 1. The summed E-state index contributed by atoms with van der Waals surface area (Å²) < 4.78 is 7.37. The van der Waals surface area contributed by atoms with E-state index in [9.17, 15) is 19.8 Å². The molecule has 8 aromatic carbocycles. The lowest BCUT2D eigenvalue weighted by Crippen LogP contribution is -2.13. The van der Waals surface area contributed by atoms with Crippen molar-refractivity contribution in [3.05, 3.63) is 185 Å². The van der Waals surface area contributed by atoms with Crippen LogP contribution in [0.15, 0.2) is 187 Å². The van der Waals surface area contributed by atoms with Gasteiger partial charge in [-0.15, -0.1) is 10.2 Å². The Morgan fingerprint density at radius 3 is 1.87 bits per heavy atom. The number of aromatic hydroxyl groups is 2. The number of phenols is 2. The van der Waals surface area contributed by atoms with Crippen LogP contribution in [0, 0.1) is 13.8 Å². The van der Waals surface area contributed by atoms with E-state index in [0.29, 0.717) is 34.1 Å². The summed E-state index contributed by atoms with van der Waals surface area (Å²) in [6, 6.07) is 48.5. The van der Waals surface area contributed by atoms with Gasteiger partial charge in [0.1, 0.15) is 17.1 Å². The van der Waals surface area contributed by atoms with E-state index >= 15 is 0 Å². The van der Waals surface area contributed by atoms with E-state index in [1.165, 1.54) is 0 Å². The fourth-order valence-corrected chi connectivity index (χ4v) is 7.94. The Kier molecular flexibility index (Phi) is 11.9. The van der Waals surface area contributed by atoms with Crippen LogP contribution in [0.5, 0.6) is 11.5 Å². The Labute approximate surface area is 382 Å². The van der Waals surface area contributed by atoms with Gasteiger partial charge in [-0.3, -0.25) is 14.0 Å². The number of amides is 1. The number of phenolic OH excluding ortho intramolecular Hbond substituents is 2. The van der Waals surface area contributed by atoms with Crippen LogP contribution in [0.25, 0.3) is 71.9 Å². The number of imidazole rings is 1. The van der Waals surface area contributed by atoms with Crippen molar-refractivity contribution in [1.82, 2.24) is 19.6 Å². The van der Waals surface area contributed by atoms with Gasteiger partial charge in [0, 0.05) is 41.7 Å². The third kappa shape index (κ3) is 8.49. The number of pyridine rings is 1. The van der Waals surface area contributed by atoms with Gasteiger partial charge >= 0.3 is 0 Å². The highest BCUT2D eigenvalue weighted by Gasteiger charge is 2.19. The molecule has 0 spiro atoms. The van der Waals surface area contributed by atoms with Gasteiger partial charge in [-0.1, -0.05) is 72.8 Å². The summed E-state index contributed by atoms with van der Waals surface area (Å²) in [4.78, 5) is 30.1. The second-order valence-electron chi connectivity index (χ2n) is 15.4. The van der Waals surface area contributed by atoms with Gasteiger partial charge in [0.05, 0.1) is 33.4 Å². The Hall–Kier alpha value is -9.17. The molecule has 11 aromatic rings. The number of azo groups is 2. The van der Waals surface area contributed by atoms with Crippen molar-refractivity contribution in [3.63, 3.8) is 0 Å². The second-order valence-corrected chi connectivity index (χ2v) is 15.4. The molecule has 3 heterocycles. The van der Waals surface area contributed by atoms with Crippen LogP contribution in [0.1, 0.15) is 21.5 Å². The molecule has 0 aliphatic carbocycles. The van der Waals surface area contributed by atoms with Gasteiger partial charge in [0.15, 0.2) is 0 Å². The Bertz CT molecular complexity index is 3650. The van der Waals surface area contributed by atoms with Crippen LogP contribution in [0.2, 0.25) is 0 Å². The number of nitrogens with zero attached hydrogens (tertiary/aromatic N) is 8. The maximum absolute atomic E-state index is 13.0. The van der Waals surface area contributed by atoms with Crippen molar-refractivity contribution in [2.24, 2.45) is 20.5 Å². The first kappa shape index (κ1) is 43.1. The third-order valence-electron chi connectivity index (χ3n) is 11.3.